The first-order chi connectivity index (χ1) is 7.81. The van der Waals surface area contributed by atoms with E-state index in [0.29, 0.717) is 19.8 Å². The van der Waals surface area contributed by atoms with Gasteiger partial charge in [-0.25, -0.2) is 13.1 Å². The Labute approximate surface area is 106 Å². The second-order valence-electron chi connectivity index (χ2n) is 4.00. The largest absolute Gasteiger partial charge is 0.377 e. The number of amides is 1. The standard InChI is InChI=1S/C9H17ClN2O4S/c1-7(10)9(13)12-3-4-16-6-8(12)5-11-17(2,14)15/h7-8,11H,3-6H2,1-2H3. The summed E-state index contributed by atoms with van der Waals surface area (Å²) >= 11 is 5.75. The lowest BCUT2D eigenvalue weighted by Crippen LogP contribution is -2.54. The zero-order valence-corrected chi connectivity index (χ0v) is 11.4. The van der Waals surface area contributed by atoms with E-state index in [2.05, 4.69) is 4.72 Å². The lowest BCUT2D eigenvalue weighted by atomic mass is 10.2. The third-order valence-corrected chi connectivity index (χ3v) is 3.31. The number of morpholine rings is 1. The quantitative estimate of drug-likeness (QED) is 0.699. The molecule has 0 aromatic carbocycles. The summed E-state index contributed by atoms with van der Waals surface area (Å²) in [7, 11) is -3.27. The molecule has 0 saturated carbocycles. The highest BCUT2D eigenvalue weighted by Gasteiger charge is 2.29. The van der Waals surface area contributed by atoms with Crippen LogP contribution < -0.4 is 4.72 Å². The summed E-state index contributed by atoms with van der Waals surface area (Å²) in [6.45, 7) is 2.95. The van der Waals surface area contributed by atoms with Gasteiger partial charge in [0, 0.05) is 13.1 Å². The molecular formula is C9H17ClN2O4S. The molecule has 1 saturated heterocycles. The molecule has 6 nitrogen and oxygen atoms in total. The highest BCUT2D eigenvalue weighted by Crippen LogP contribution is 2.11. The number of nitrogens with one attached hydrogen (secondary N) is 1. The Morgan fingerprint density at radius 3 is 2.82 bits per heavy atom. The van der Waals surface area contributed by atoms with E-state index < -0.39 is 15.4 Å². The van der Waals surface area contributed by atoms with E-state index in [-0.39, 0.29) is 18.5 Å². The number of nitrogens with zero attached hydrogens (tertiary/aromatic N) is 1. The van der Waals surface area contributed by atoms with Crippen molar-refractivity contribution in [2.75, 3.05) is 32.6 Å². The van der Waals surface area contributed by atoms with Crippen molar-refractivity contribution in [3.63, 3.8) is 0 Å². The molecule has 0 radical (unpaired) electrons. The van der Waals surface area contributed by atoms with Crippen LogP contribution in [-0.4, -0.2) is 63.2 Å². The molecule has 1 aliphatic heterocycles. The van der Waals surface area contributed by atoms with Crippen LogP contribution in [0.25, 0.3) is 0 Å². The Hall–Kier alpha value is -0.370. The number of carbonyl (C=O) groups is 1. The lowest BCUT2D eigenvalue weighted by molar-refractivity contribution is -0.138. The van der Waals surface area contributed by atoms with Crippen LogP contribution in [0, 0.1) is 0 Å². The molecular weight excluding hydrogens is 268 g/mol. The SMILES string of the molecule is CC(Cl)C(=O)N1CCOCC1CNS(C)(=O)=O. The van der Waals surface area contributed by atoms with Crippen molar-refractivity contribution < 1.29 is 17.9 Å². The highest BCUT2D eigenvalue weighted by atomic mass is 35.5. The molecule has 1 N–H and O–H groups in total. The predicted molar refractivity (Wildman–Crippen MR) is 64.5 cm³/mol. The number of alkyl halides is 1. The van der Waals surface area contributed by atoms with Gasteiger partial charge in [-0.05, 0) is 6.92 Å². The summed E-state index contributed by atoms with van der Waals surface area (Å²) in [5.41, 5.74) is 0. The minimum absolute atomic E-state index is 0.147. The number of halogens is 1. The molecule has 0 aromatic rings. The van der Waals surface area contributed by atoms with E-state index >= 15 is 0 Å². The Bertz CT molecular complexity index is 371. The third kappa shape index (κ3) is 4.79. The van der Waals surface area contributed by atoms with Crippen LogP contribution in [0.15, 0.2) is 0 Å². The second kappa shape index (κ2) is 5.99. The van der Waals surface area contributed by atoms with E-state index in [1.807, 2.05) is 0 Å². The van der Waals surface area contributed by atoms with Crippen LogP contribution in [0.5, 0.6) is 0 Å². The predicted octanol–water partition coefficient (Wildman–Crippen LogP) is -0.610. The molecule has 1 fully saturated rings. The van der Waals surface area contributed by atoms with Crippen molar-refractivity contribution in [3.8, 4) is 0 Å². The summed E-state index contributed by atoms with van der Waals surface area (Å²) < 4.78 is 29.6. The molecule has 0 aromatic heterocycles. The number of rotatable bonds is 4. The minimum atomic E-state index is -3.27. The minimum Gasteiger partial charge on any atom is -0.377 e. The molecule has 1 rings (SSSR count). The van der Waals surface area contributed by atoms with Crippen molar-refractivity contribution in [2.24, 2.45) is 0 Å². The summed E-state index contributed by atoms with van der Waals surface area (Å²) in [5, 5.41) is -0.617. The van der Waals surface area contributed by atoms with Crippen LogP contribution in [0.3, 0.4) is 0 Å². The van der Waals surface area contributed by atoms with Crippen LogP contribution in [0.1, 0.15) is 6.92 Å². The van der Waals surface area contributed by atoms with Gasteiger partial charge in [-0.3, -0.25) is 4.79 Å². The fourth-order valence-electron chi connectivity index (χ4n) is 1.59. The monoisotopic (exact) mass is 284 g/mol. The van der Waals surface area contributed by atoms with E-state index in [4.69, 9.17) is 16.3 Å². The molecule has 8 heteroatoms. The zero-order valence-electron chi connectivity index (χ0n) is 9.85. The van der Waals surface area contributed by atoms with Gasteiger partial charge in [0.05, 0.1) is 25.5 Å². The van der Waals surface area contributed by atoms with Crippen LogP contribution in [0.4, 0.5) is 0 Å². The normalized spacial score (nSPS) is 23.5. The van der Waals surface area contributed by atoms with Gasteiger partial charge in [0.15, 0.2) is 0 Å². The Balaban J connectivity index is 2.63. The summed E-state index contributed by atoms with van der Waals surface area (Å²) in [6.07, 6.45) is 1.08. The number of hydrogen-bond acceptors (Lipinski definition) is 4. The number of carbonyl (C=O) groups excluding carboxylic acids is 1. The van der Waals surface area contributed by atoms with Crippen LogP contribution >= 0.6 is 11.6 Å². The van der Waals surface area contributed by atoms with Crippen molar-refractivity contribution >= 4 is 27.5 Å². The molecule has 2 atom stereocenters. The molecule has 0 aliphatic carbocycles. The fraction of sp³-hybridized carbons (Fsp3) is 0.889. The number of sulfonamides is 1. The molecule has 17 heavy (non-hydrogen) atoms. The first-order valence-electron chi connectivity index (χ1n) is 5.28. The number of hydrogen-bond donors (Lipinski definition) is 1. The summed E-state index contributed by atoms with van der Waals surface area (Å²) in [4.78, 5) is 13.4. The molecule has 1 amide bonds. The highest BCUT2D eigenvalue weighted by molar-refractivity contribution is 7.88. The van der Waals surface area contributed by atoms with Crippen molar-refractivity contribution in [1.29, 1.82) is 0 Å². The van der Waals surface area contributed by atoms with Gasteiger partial charge in [-0.15, -0.1) is 11.6 Å². The Kier molecular flexibility index (Phi) is 5.18. The Morgan fingerprint density at radius 2 is 2.29 bits per heavy atom. The molecule has 0 spiro atoms. The van der Waals surface area contributed by atoms with E-state index in [9.17, 15) is 13.2 Å². The molecule has 0 bridgehead atoms. The maximum atomic E-state index is 11.8. The first kappa shape index (κ1) is 14.7. The first-order valence-corrected chi connectivity index (χ1v) is 7.61. The zero-order chi connectivity index (χ0) is 13.1. The van der Waals surface area contributed by atoms with Gasteiger partial charge >= 0.3 is 0 Å². The van der Waals surface area contributed by atoms with Gasteiger partial charge in [-0.1, -0.05) is 0 Å². The topological polar surface area (TPSA) is 75.7 Å². The molecule has 100 valence electrons. The van der Waals surface area contributed by atoms with E-state index in [1.165, 1.54) is 0 Å². The molecule has 1 aliphatic rings. The average molecular weight is 285 g/mol. The van der Waals surface area contributed by atoms with Gasteiger partial charge in [0.1, 0.15) is 5.38 Å². The third-order valence-electron chi connectivity index (χ3n) is 2.43. The van der Waals surface area contributed by atoms with Crippen molar-refractivity contribution in [1.82, 2.24) is 9.62 Å². The van der Waals surface area contributed by atoms with Gasteiger partial charge in [0.2, 0.25) is 15.9 Å². The van der Waals surface area contributed by atoms with Crippen molar-refractivity contribution in [3.05, 3.63) is 0 Å². The van der Waals surface area contributed by atoms with E-state index in [1.54, 1.807) is 11.8 Å². The van der Waals surface area contributed by atoms with Gasteiger partial charge < -0.3 is 9.64 Å². The van der Waals surface area contributed by atoms with E-state index in [0.717, 1.165) is 6.26 Å². The Morgan fingerprint density at radius 1 is 1.65 bits per heavy atom. The fourth-order valence-corrected chi connectivity index (χ4v) is 2.21. The van der Waals surface area contributed by atoms with Crippen molar-refractivity contribution in [2.45, 2.75) is 18.3 Å². The smallest absolute Gasteiger partial charge is 0.240 e. The molecule has 1 heterocycles. The average Bonchev–Trinajstić information content (AvgIpc) is 2.24. The second-order valence-corrected chi connectivity index (χ2v) is 6.48. The van der Waals surface area contributed by atoms with Gasteiger partial charge in [-0.2, -0.15) is 0 Å². The number of ether oxygens (including phenoxy) is 1. The van der Waals surface area contributed by atoms with Crippen LogP contribution in [0.2, 0.25) is 0 Å². The summed E-state index contributed by atoms with van der Waals surface area (Å²) in [5.74, 6) is -0.199. The lowest BCUT2D eigenvalue weighted by Gasteiger charge is -2.36. The van der Waals surface area contributed by atoms with Gasteiger partial charge in [0.25, 0.3) is 0 Å². The maximum Gasteiger partial charge on any atom is 0.240 e. The molecule has 2 unspecified atom stereocenters. The van der Waals surface area contributed by atoms with Crippen LogP contribution in [-0.2, 0) is 19.6 Å². The maximum absolute atomic E-state index is 11.8. The summed E-state index contributed by atoms with van der Waals surface area (Å²) in [6, 6.07) is -0.299.